The first-order valence-electron chi connectivity index (χ1n) is 11.5. The molecule has 35 heavy (non-hydrogen) atoms. The van der Waals surface area contributed by atoms with Gasteiger partial charge in [0.1, 0.15) is 16.6 Å². The van der Waals surface area contributed by atoms with E-state index in [4.69, 9.17) is 9.84 Å². The molecule has 4 rings (SSSR count). The molecule has 0 spiro atoms. The lowest BCUT2D eigenvalue weighted by atomic mass is 9.97. The second kappa shape index (κ2) is 10.5. The quantitative estimate of drug-likeness (QED) is 0.462. The van der Waals surface area contributed by atoms with Crippen molar-refractivity contribution < 1.29 is 19.0 Å². The molecule has 1 fully saturated rings. The fourth-order valence-corrected chi connectivity index (χ4v) is 5.16. The fraction of sp³-hybridized carbons (Fsp3) is 0.385. The van der Waals surface area contributed by atoms with Crippen molar-refractivity contribution in [3.05, 3.63) is 52.8 Å². The van der Waals surface area contributed by atoms with Gasteiger partial charge in [-0.1, -0.05) is 37.3 Å². The summed E-state index contributed by atoms with van der Waals surface area (Å²) in [5.41, 5.74) is 3.64. The number of likely N-dealkylation sites (tertiary alicyclic amines) is 1. The van der Waals surface area contributed by atoms with Gasteiger partial charge >= 0.3 is 5.97 Å². The van der Waals surface area contributed by atoms with Gasteiger partial charge in [-0.05, 0) is 48.1 Å². The van der Waals surface area contributed by atoms with Crippen molar-refractivity contribution >= 4 is 17.3 Å². The van der Waals surface area contributed by atoms with E-state index in [0.29, 0.717) is 64.4 Å². The van der Waals surface area contributed by atoms with Crippen LogP contribution >= 0.6 is 11.3 Å². The van der Waals surface area contributed by atoms with E-state index in [-0.39, 0.29) is 5.92 Å². The number of methoxy groups -OCH3 is 1. The molecule has 9 heteroatoms. The average molecular weight is 495 g/mol. The lowest BCUT2D eigenvalue weighted by molar-refractivity contribution is -0.147. The average Bonchev–Trinajstić information content (AvgIpc) is 3.27. The minimum Gasteiger partial charge on any atom is -0.496 e. The number of hydrogen-bond donors (Lipinski definition) is 1. The van der Waals surface area contributed by atoms with Crippen LogP contribution in [0.2, 0.25) is 0 Å². The van der Waals surface area contributed by atoms with Crippen molar-refractivity contribution in [1.82, 2.24) is 15.1 Å². The summed E-state index contributed by atoms with van der Waals surface area (Å²) in [7, 11) is 1.54. The Kier molecular flexibility index (Phi) is 7.43. The van der Waals surface area contributed by atoms with Gasteiger partial charge in [-0.25, -0.2) is 4.39 Å². The molecule has 0 radical (unpaired) electrons. The number of aromatic nitrogens is 2. The van der Waals surface area contributed by atoms with Crippen molar-refractivity contribution in [3.63, 3.8) is 0 Å². The molecule has 182 valence electrons. The van der Waals surface area contributed by atoms with E-state index in [1.54, 1.807) is 7.11 Å². The zero-order valence-electron chi connectivity index (χ0n) is 19.9. The van der Waals surface area contributed by atoms with Crippen LogP contribution < -0.4 is 4.74 Å². The number of halogens is 1. The van der Waals surface area contributed by atoms with Gasteiger partial charge < -0.3 is 14.7 Å². The second-order valence-electron chi connectivity index (χ2n) is 9.18. The maximum absolute atomic E-state index is 14.6. The summed E-state index contributed by atoms with van der Waals surface area (Å²) < 4.78 is 20.2. The third-order valence-electron chi connectivity index (χ3n) is 6.10. The number of aliphatic carboxylic acids is 1. The number of nitriles is 1. The largest absolute Gasteiger partial charge is 0.496 e. The summed E-state index contributed by atoms with van der Waals surface area (Å²) in [4.78, 5) is 13.1. The molecule has 7 nitrogen and oxygen atoms in total. The summed E-state index contributed by atoms with van der Waals surface area (Å²) in [6, 6.07) is 10.8. The summed E-state index contributed by atoms with van der Waals surface area (Å²) in [5.74, 6) is -0.537. The van der Waals surface area contributed by atoms with Gasteiger partial charge in [0.2, 0.25) is 0 Å². The Morgan fingerprint density at radius 2 is 2.00 bits per heavy atom. The van der Waals surface area contributed by atoms with Crippen molar-refractivity contribution in [2.45, 2.75) is 26.7 Å². The van der Waals surface area contributed by atoms with Crippen LogP contribution in [-0.2, 0) is 17.6 Å². The SMILES string of the molecule is COc1c(CCN2CC(C(=O)O)C2)cc(F)cc1-c1nnc(-c2ccc(CC(C)C)c(C#N)c2)s1. The summed E-state index contributed by atoms with van der Waals surface area (Å²) in [6.45, 7) is 5.84. The zero-order chi connectivity index (χ0) is 25.1. The van der Waals surface area contributed by atoms with Crippen LogP contribution in [0.5, 0.6) is 5.75 Å². The van der Waals surface area contributed by atoms with Crippen molar-refractivity contribution in [3.8, 4) is 33.0 Å². The Balaban J connectivity index is 1.58. The van der Waals surface area contributed by atoms with Gasteiger partial charge in [0, 0.05) is 25.2 Å². The van der Waals surface area contributed by atoms with Crippen LogP contribution in [0.25, 0.3) is 21.1 Å². The van der Waals surface area contributed by atoms with E-state index >= 15 is 0 Å². The molecule has 2 heterocycles. The summed E-state index contributed by atoms with van der Waals surface area (Å²) in [6.07, 6.45) is 1.34. The third-order valence-corrected chi connectivity index (χ3v) is 7.10. The first-order valence-corrected chi connectivity index (χ1v) is 12.3. The third kappa shape index (κ3) is 5.50. The molecule has 3 aromatic rings. The van der Waals surface area contributed by atoms with Crippen LogP contribution in [0.3, 0.4) is 0 Å². The lowest BCUT2D eigenvalue weighted by Gasteiger charge is -2.36. The van der Waals surface area contributed by atoms with Gasteiger partial charge in [-0.15, -0.1) is 10.2 Å². The normalized spacial score (nSPS) is 14.1. The Morgan fingerprint density at radius 1 is 1.26 bits per heavy atom. The predicted octanol–water partition coefficient (Wildman–Crippen LogP) is 4.65. The monoisotopic (exact) mass is 494 g/mol. The van der Waals surface area contributed by atoms with E-state index < -0.39 is 11.8 Å². The van der Waals surface area contributed by atoms with Crippen LogP contribution in [0.4, 0.5) is 4.39 Å². The second-order valence-corrected chi connectivity index (χ2v) is 10.2. The maximum atomic E-state index is 14.6. The van der Waals surface area contributed by atoms with Crippen molar-refractivity contribution in [2.24, 2.45) is 11.8 Å². The number of carboxylic acid groups (broad SMARTS) is 1. The van der Waals surface area contributed by atoms with E-state index in [0.717, 1.165) is 17.5 Å². The number of benzene rings is 2. The zero-order valence-corrected chi connectivity index (χ0v) is 20.7. The number of nitrogens with zero attached hydrogens (tertiary/aromatic N) is 4. The number of ether oxygens (including phenoxy) is 1. The van der Waals surface area contributed by atoms with Crippen LogP contribution in [0.15, 0.2) is 30.3 Å². The molecular formula is C26H27FN4O3S. The molecule has 2 aromatic carbocycles. The highest BCUT2D eigenvalue weighted by molar-refractivity contribution is 7.18. The topological polar surface area (TPSA) is 99.3 Å². The van der Waals surface area contributed by atoms with Gasteiger partial charge in [0.25, 0.3) is 0 Å². The molecule has 0 saturated carbocycles. The standard InChI is InChI=1S/C26H27FN4O3S/c1-15(2)8-16-4-5-18(9-19(16)12-28)24-29-30-25(35-24)22-11-21(27)10-17(23(22)34-3)6-7-31-13-20(14-31)26(32)33/h4-5,9-11,15,20H,6-8,13-14H2,1-3H3,(H,32,33). The molecule has 1 N–H and O–H groups in total. The molecule has 0 atom stereocenters. The van der Waals surface area contributed by atoms with Crippen LogP contribution in [-0.4, -0.2) is 52.9 Å². The molecule has 1 aliphatic rings. The molecule has 0 unspecified atom stereocenters. The van der Waals surface area contributed by atoms with Crippen LogP contribution in [0.1, 0.15) is 30.5 Å². The lowest BCUT2D eigenvalue weighted by Crippen LogP contribution is -2.50. The Bertz CT molecular complexity index is 1280. The molecule has 1 aliphatic heterocycles. The van der Waals surface area contributed by atoms with Gasteiger partial charge in [-0.2, -0.15) is 5.26 Å². The smallest absolute Gasteiger partial charge is 0.309 e. The minimum absolute atomic E-state index is 0.333. The van der Waals surface area contributed by atoms with Crippen molar-refractivity contribution in [2.75, 3.05) is 26.7 Å². The Morgan fingerprint density at radius 3 is 2.66 bits per heavy atom. The first-order chi connectivity index (χ1) is 16.8. The molecule has 0 aliphatic carbocycles. The van der Waals surface area contributed by atoms with E-state index in [1.165, 1.54) is 23.5 Å². The summed E-state index contributed by atoms with van der Waals surface area (Å²) in [5, 5.41) is 28.4. The van der Waals surface area contributed by atoms with Gasteiger partial charge in [-0.3, -0.25) is 4.79 Å². The summed E-state index contributed by atoms with van der Waals surface area (Å²) >= 11 is 1.31. The predicted molar refractivity (Wildman–Crippen MR) is 132 cm³/mol. The highest BCUT2D eigenvalue weighted by Crippen LogP contribution is 2.38. The Hall–Kier alpha value is -3.35. The molecule has 1 aromatic heterocycles. The minimum atomic E-state index is -0.782. The number of hydrogen-bond acceptors (Lipinski definition) is 7. The van der Waals surface area contributed by atoms with Gasteiger partial charge in [0.15, 0.2) is 5.01 Å². The number of carbonyl (C=O) groups is 1. The van der Waals surface area contributed by atoms with Crippen molar-refractivity contribution in [1.29, 1.82) is 5.26 Å². The molecule has 0 amide bonds. The molecule has 1 saturated heterocycles. The molecular weight excluding hydrogens is 467 g/mol. The van der Waals surface area contributed by atoms with Crippen LogP contribution in [0, 0.1) is 29.0 Å². The fourth-order valence-electron chi connectivity index (χ4n) is 4.30. The van der Waals surface area contributed by atoms with E-state index in [9.17, 15) is 14.4 Å². The molecule has 0 bridgehead atoms. The van der Waals surface area contributed by atoms with Gasteiger partial charge in [0.05, 0.1) is 30.2 Å². The number of rotatable bonds is 9. The van der Waals surface area contributed by atoms with E-state index in [2.05, 4.69) is 30.1 Å². The number of carboxylic acids is 1. The Labute approximate surface area is 207 Å². The van der Waals surface area contributed by atoms with E-state index in [1.807, 2.05) is 23.1 Å². The first kappa shape index (κ1) is 24.8. The maximum Gasteiger partial charge on any atom is 0.309 e. The highest BCUT2D eigenvalue weighted by atomic mass is 32.1. The highest BCUT2D eigenvalue weighted by Gasteiger charge is 2.32.